The summed E-state index contributed by atoms with van der Waals surface area (Å²) in [5.74, 6) is -1.11. The fraction of sp³-hybridized carbons (Fsp3) is 0.217. The fourth-order valence-corrected chi connectivity index (χ4v) is 3.08. The van der Waals surface area contributed by atoms with Gasteiger partial charge in [-0.2, -0.15) is 5.10 Å². The van der Waals surface area contributed by atoms with E-state index < -0.39 is 29.1 Å². The molecule has 32 heavy (non-hydrogen) atoms. The number of nitrogens with one attached hydrogen (secondary N) is 1. The summed E-state index contributed by atoms with van der Waals surface area (Å²) in [4.78, 5) is 37.6. The number of carbonyl (C=O) groups is 2. The molecule has 2 aromatic carbocycles. The molecule has 1 amide bonds. The minimum absolute atomic E-state index is 0.432. The lowest BCUT2D eigenvalue weighted by Crippen LogP contribution is -2.33. The molecule has 1 atom stereocenters. The Bertz CT molecular complexity index is 1220. The average molecular weight is 456 g/mol. The van der Waals surface area contributed by atoms with Gasteiger partial charge in [0.05, 0.1) is 18.5 Å². The Kier molecular flexibility index (Phi) is 6.95. The molecule has 166 valence electrons. The highest BCUT2D eigenvalue weighted by Crippen LogP contribution is 2.25. The van der Waals surface area contributed by atoms with Gasteiger partial charge in [0.1, 0.15) is 5.75 Å². The zero-order valence-electron chi connectivity index (χ0n) is 18.0. The summed E-state index contributed by atoms with van der Waals surface area (Å²) in [6.45, 7) is 4.96. The average Bonchev–Trinajstić information content (AvgIpc) is 2.74. The first-order valence-electron chi connectivity index (χ1n) is 9.73. The number of rotatable bonds is 6. The topological polar surface area (TPSA) is 99.5 Å². The number of carbonyl (C=O) groups excluding carboxylic acids is 2. The van der Waals surface area contributed by atoms with Crippen LogP contribution in [0, 0.1) is 13.8 Å². The number of hydrogen-bond donors (Lipinski definition) is 1. The molecule has 9 heteroatoms. The van der Waals surface area contributed by atoms with Crippen molar-refractivity contribution >= 4 is 29.2 Å². The van der Waals surface area contributed by atoms with E-state index in [0.29, 0.717) is 27.8 Å². The van der Waals surface area contributed by atoms with Crippen molar-refractivity contribution in [1.82, 2.24) is 9.78 Å². The van der Waals surface area contributed by atoms with E-state index in [2.05, 4.69) is 10.4 Å². The highest BCUT2D eigenvalue weighted by atomic mass is 35.5. The summed E-state index contributed by atoms with van der Waals surface area (Å²) < 4.78 is 11.9. The van der Waals surface area contributed by atoms with Crippen LogP contribution in [0.3, 0.4) is 0 Å². The molecule has 0 bridgehead atoms. The molecule has 0 saturated heterocycles. The lowest BCUT2D eigenvalue weighted by molar-refractivity contribution is -0.123. The normalized spacial score (nSPS) is 11.5. The lowest BCUT2D eigenvalue weighted by atomic mass is 10.2. The summed E-state index contributed by atoms with van der Waals surface area (Å²) >= 11 is 5.92. The molecule has 3 rings (SSSR count). The van der Waals surface area contributed by atoms with Gasteiger partial charge in [-0.3, -0.25) is 9.59 Å². The van der Waals surface area contributed by atoms with Gasteiger partial charge < -0.3 is 14.8 Å². The number of halogens is 1. The number of methoxy groups -OCH3 is 1. The van der Waals surface area contributed by atoms with Gasteiger partial charge in [-0.05, 0) is 62.7 Å². The minimum atomic E-state index is -1.18. The van der Waals surface area contributed by atoms with Gasteiger partial charge in [0.15, 0.2) is 6.10 Å². The number of esters is 1. The van der Waals surface area contributed by atoms with Crippen molar-refractivity contribution in [1.29, 1.82) is 0 Å². The quantitative estimate of drug-likeness (QED) is 0.569. The summed E-state index contributed by atoms with van der Waals surface area (Å²) in [7, 11) is 1.48. The van der Waals surface area contributed by atoms with E-state index >= 15 is 0 Å². The Hall–Kier alpha value is -3.65. The van der Waals surface area contributed by atoms with Crippen molar-refractivity contribution in [3.8, 4) is 11.4 Å². The second-order valence-corrected chi connectivity index (χ2v) is 7.56. The number of hydrogen-bond acceptors (Lipinski definition) is 6. The second kappa shape index (κ2) is 9.65. The molecule has 1 aromatic heterocycles. The highest BCUT2D eigenvalue weighted by Gasteiger charge is 2.24. The number of amides is 1. The minimum Gasteiger partial charge on any atom is -0.495 e. The highest BCUT2D eigenvalue weighted by molar-refractivity contribution is 6.30. The van der Waals surface area contributed by atoms with Gasteiger partial charge >= 0.3 is 5.97 Å². The fourth-order valence-electron chi connectivity index (χ4n) is 2.96. The van der Waals surface area contributed by atoms with Crippen LogP contribution in [0.25, 0.3) is 5.69 Å². The van der Waals surface area contributed by atoms with Crippen LogP contribution >= 0.6 is 11.6 Å². The number of benzene rings is 2. The van der Waals surface area contributed by atoms with E-state index in [0.717, 1.165) is 5.56 Å². The molecule has 1 heterocycles. The van der Waals surface area contributed by atoms with Crippen molar-refractivity contribution < 1.29 is 19.1 Å². The molecule has 0 saturated carbocycles. The van der Waals surface area contributed by atoms with E-state index in [-0.39, 0.29) is 0 Å². The lowest BCUT2D eigenvalue weighted by Gasteiger charge is -2.16. The molecule has 1 N–H and O–H groups in total. The SMILES string of the molecule is COc1ccc(C)cc1NC(=O)C(C)OC(=O)c1nn(-c2ccc(Cl)cc2)c(C)cc1=O. The van der Waals surface area contributed by atoms with E-state index in [1.165, 1.54) is 24.8 Å². The van der Waals surface area contributed by atoms with Crippen LogP contribution in [0.1, 0.15) is 28.7 Å². The summed E-state index contributed by atoms with van der Waals surface area (Å²) in [6.07, 6.45) is -1.18. The van der Waals surface area contributed by atoms with Crippen LogP contribution < -0.4 is 15.5 Å². The van der Waals surface area contributed by atoms with Crippen LogP contribution in [0.15, 0.2) is 53.3 Å². The van der Waals surface area contributed by atoms with E-state index in [1.54, 1.807) is 43.3 Å². The Balaban J connectivity index is 1.80. The van der Waals surface area contributed by atoms with Gasteiger partial charge in [0.25, 0.3) is 5.91 Å². The van der Waals surface area contributed by atoms with Crippen LogP contribution in [-0.4, -0.2) is 34.9 Å². The third-order valence-corrected chi connectivity index (χ3v) is 4.89. The summed E-state index contributed by atoms with van der Waals surface area (Å²) in [6, 6.07) is 13.3. The largest absolute Gasteiger partial charge is 0.495 e. The Morgan fingerprint density at radius 3 is 2.44 bits per heavy atom. The van der Waals surface area contributed by atoms with Crippen LogP contribution in [0.4, 0.5) is 5.69 Å². The molecular formula is C23H22ClN3O5. The van der Waals surface area contributed by atoms with Crippen LogP contribution in [-0.2, 0) is 9.53 Å². The van der Waals surface area contributed by atoms with E-state index in [4.69, 9.17) is 21.1 Å². The monoisotopic (exact) mass is 455 g/mol. The zero-order chi connectivity index (χ0) is 23.4. The molecule has 1 unspecified atom stereocenters. The third kappa shape index (κ3) is 5.15. The van der Waals surface area contributed by atoms with Crippen molar-refractivity contribution in [2.45, 2.75) is 26.9 Å². The van der Waals surface area contributed by atoms with E-state index in [1.807, 2.05) is 13.0 Å². The number of nitrogens with zero attached hydrogens (tertiary/aromatic N) is 2. The van der Waals surface area contributed by atoms with Crippen molar-refractivity contribution in [2.75, 3.05) is 12.4 Å². The van der Waals surface area contributed by atoms with Gasteiger partial charge in [0, 0.05) is 16.8 Å². The molecule has 0 aliphatic rings. The van der Waals surface area contributed by atoms with Gasteiger partial charge in [0.2, 0.25) is 11.1 Å². The van der Waals surface area contributed by atoms with Crippen LogP contribution in [0.2, 0.25) is 5.02 Å². The van der Waals surface area contributed by atoms with Gasteiger partial charge in [-0.15, -0.1) is 0 Å². The second-order valence-electron chi connectivity index (χ2n) is 7.13. The number of aryl methyl sites for hydroxylation is 2. The zero-order valence-corrected chi connectivity index (χ0v) is 18.8. The van der Waals surface area contributed by atoms with Crippen LogP contribution in [0.5, 0.6) is 5.75 Å². The predicted molar refractivity (Wildman–Crippen MR) is 121 cm³/mol. The van der Waals surface area contributed by atoms with Gasteiger partial charge in [-0.1, -0.05) is 17.7 Å². The Morgan fingerprint density at radius 2 is 1.78 bits per heavy atom. The molecule has 0 aliphatic heterocycles. The first-order valence-corrected chi connectivity index (χ1v) is 10.1. The van der Waals surface area contributed by atoms with Crippen molar-refractivity contribution in [3.05, 3.63) is 80.7 Å². The maximum Gasteiger partial charge on any atom is 0.363 e. The molecule has 8 nitrogen and oxygen atoms in total. The molecule has 0 aliphatic carbocycles. The predicted octanol–water partition coefficient (Wildman–Crippen LogP) is 3.70. The van der Waals surface area contributed by atoms with E-state index in [9.17, 15) is 14.4 Å². The number of anilines is 1. The first-order chi connectivity index (χ1) is 15.2. The Morgan fingerprint density at radius 1 is 1.09 bits per heavy atom. The van der Waals surface area contributed by atoms with Crippen molar-refractivity contribution in [2.24, 2.45) is 0 Å². The maximum atomic E-state index is 12.6. The summed E-state index contributed by atoms with van der Waals surface area (Å²) in [5.41, 5.74) is 1.45. The number of aromatic nitrogens is 2. The van der Waals surface area contributed by atoms with Crippen molar-refractivity contribution in [3.63, 3.8) is 0 Å². The molecular weight excluding hydrogens is 434 g/mol. The standard InChI is InChI=1S/C23H22ClN3O5/c1-13-5-10-20(31-4)18(11-13)25-22(29)15(3)32-23(30)21-19(28)12-14(2)27(26-21)17-8-6-16(24)7-9-17/h5-12,15H,1-4H3,(H,25,29). The third-order valence-electron chi connectivity index (χ3n) is 4.64. The molecule has 0 radical (unpaired) electrons. The molecule has 0 fully saturated rings. The maximum absolute atomic E-state index is 12.6. The first kappa shape index (κ1) is 23.0. The van der Waals surface area contributed by atoms with Gasteiger partial charge in [-0.25, -0.2) is 9.48 Å². The number of ether oxygens (including phenoxy) is 2. The Labute approximate surface area is 189 Å². The molecule has 3 aromatic rings. The summed E-state index contributed by atoms with van der Waals surface area (Å²) in [5, 5.41) is 7.35. The molecule has 0 spiro atoms. The smallest absolute Gasteiger partial charge is 0.363 e.